The quantitative estimate of drug-likeness (QED) is 0.720. The van der Waals surface area contributed by atoms with E-state index in [9.17, 15) is 0 Å². The summed E-state index contributed by atoms with van der Waals surface area (Å²) < 4.78 is 1.97. The maximum atomic E-state index is 4.31. The van der Waals surface area contributed by atoms with Crippen LogP contribution >= 0.6 is 0 Å². The van der Waals surface area contributed by atoms with Crippen LogP contribution in [0.25, 0.3) is 11.5 Å². The Morgan fingerprint density at radius 1 is 1.29 bits per heavy atom. The summed E-state index contributed by atoms with van der Waals surface area (Å²) in [5, 5.41) is 0. The van der Waals surface area contributed by atoms with Crippen molar-refractivity contribution in [2.24, 2.45) is 7.05 Å². The van der Waals surface area contributed by atoms with Gasteiger partial charge < -0.3 is 4.57 Å². The van der Waals surface area contributed by atoms with Crippen LogP contribution in [0.15, 0.2) is 30.7 Å². The molecule has 0 N–H and O–H groups in total. The zero-order chi connectivity index (χ0) is 9.97. The maximum Gasteiger partial charge on any atom is 0.158 e. The van der Waals surface area contributed by atoms with E-state index in [2.05, 4.69) is 23.0 Å². The van der Waals surface area contributed by atoms with Gasteiger partial charge in [0.2, 0.25) is 0 Å². The molecule has 0 aromatic carbocycles. The van der Waals surface area contributed by atoms with Crippen molar-refractivity contribution in [3.63, 3.8) is 0 Å². The van der Waals surface area contributed by atoms with E-state index in [1.165, 1.54) is 5.56 Å². The van der Waals surface area contributed by atoms with Crippen LogP contribution in [0, 0.1) is 0 Å². The molecule has 0 spiro atoms. The number of aromatic nitrogens is 3. The molecule has 2 aromatic rings. The zero-order valence-corrected chi connectivity index (χ0v) is 8.44. The molecule has 3 heteroatoms. The maximum absolute atomic E-state index is 4.31. The SMILES string of the molecule is CCc1ccnc(-c2nccn2C)c1. The van der Waals surface area contributed by atoms with E-state index in [1.807, 2.05) is 30.1 Å². The first-order valence-corrected chi connectivity index (χ1v) is 4.74. The van der Waals surface area contributed by atoms with Gasteiger partial charge in [-0.3, -0.25) is 4.98 Å². The first kappa shape index (κ1) is 8.94. The summed E-state index contributed by atoms with van der Waals surface area (Å²) in [7, 11) is 1.97. The second kappa shape index (κ2) is 3.62. The van der Waals surface area contributed by atoms with Crippen molar-refractivity contribution in [3.05, 3.63) is 36.3 Å². The number of pyridine rings is 1. The van der Waals surface area contributed by atoms with Crippen LogP contribution in [0.1, 0.15) is 12.5 Å². The van der Waals surface area contributed by atoms with Crippen LogP contribution in [0.4, 0.5) is 0 Å². The molecular formula is C11H13N3. The summed E-state index contributed by atoms with van der Waals surface area (Å²) in [6.07, 6.45) is 6.58. The molecule has 3 nitrogen and oxygen atoms in total. The van der Waals surface area contributed by atoms with Crippen LogP contribution in [-0.2, 0) is 13.5 Å². The first-order valence-electron chi connectivity index (χ1n) is 4.74. The minimum absolute atomic E-state index is 0.917. The van der Waals surface area contributed by atoms with Gasteiger partial charge in [0.15, 0.2) is 5.82 Å². The predicted molar refractivity (Wildman–Crippen MR) is 55.8 cm³/mol. The van der Waals surface area contributed by atoms with Crippen molar-refractivity contribution in [1.29, 1.82) is 0 Å². The van der Waals surface area contributed by atoms with E-state index in [1.54, 1.807) is 6.20 Å². The Bertz CT molecular complexity index is 432. The molecular weight excluding hydrogens is 174 g/mol. The van der Waals surface area contributed by atoms with Crippen molar-refractivity contribution in [2.75, 3.05) is 0 Å². The molecule has 0 radical (unpaired) electrons. The molecule has 2 heterocycles. The topological polar surface area (TPSA) is 30.7 Å². The van der Waals surface area contributed by atoms with Gasteiger partial charge in [-0.15, -0.1) is 0 Å². The summed E-state index contributed by atoms with van der Waals surface area (Å²) in [4.78, 5) is 8.57. The van der Waals surface area contributed by atoms with Gasteiger partial charge in [-0.1, -0.05) is 6.92 Å². The molecule has 2 rings (SSSR count). The molecule has 0 atom stereocenters. The van der Waals surface area contributed by atoms with Crippen molar-refractivity contribution in [2.45, 2.75) is 13.3 Å². The lowest BCUT2D eigenvalue weighted by molar-refractivity contribution is 0.916. The van der Waals surface area contributed by atoms with Crippen LogP contribution in [0.5, 0.6) is 0 Å². The average Bonchev–Trinajstić information content (AvgIpc) is 2.65. The van der Waals surface area contributed by atoms with E-state index in [0.29, 0.717) is 0 Å². The Kier molecular flexibility index (Phi) is 2.31. The van der Waals surface area contributed by atoms with E-state index >= 15 is 0 Å². The fourth-order valence-corrected chi connectivity index (χ4v) is 1.43. The third kappa shape index (κ3) is 1.53. The summed E-state index contributed by atoms with van der Waals surface area (Å²) in [5.74, 6) is 0.917. The number of nitrogens with zero attached hydrogens (tertiary/aromatic N) is 3. The molecule has 2 aromatic heterocycles. The first-order chi connectivity index (χ1) is 6.81. The third-order valence-electron chi connectivity index (χ3n) is 2.28. The highest BCUT2D eigenvalue weighted by atomic mass is 15.0. The van der Waals surface area contributed by atoms with E-state index in [4.69, 9.17) is 0 Å². The van der Waals surface area contributed by atoms with Crippen molar-refractivity contribution < 1.29 is 0 Å². The number of aryl methyl sites for hydroxylation is 2. The standard InChI is InChI=1S/C11H13N3/c1-3-9-4-5-12-10(8-9)11-13-6-7-14(11)2/h4-8H,3H2,1-2H3. The van der Waals surface area contributed by atoms with Gasteiger partial charge in [0.1, 0.15) is 5.69 Å². The Hall–Kier alpha value is -1.64. The lowest BCUT2D eigenvalue weighted by Crippen LogP contribution is -1.94. The number of hydrogen-bond donors (Lipinski definition) is 0. The second-order valence-electron chi connectivity index (χ2n) is 3.26. The van der Waals surface area contributed by atoms with Crippen LogP contribution in [0.3, 0.4) is 0 Å². The van der Waals surface area contributed by atoms with E-state index in [0.717, 1.165) is 17.9 Å². The third-order valence-corrected chi connectivity index (χ3v) is 2.28. The summed E-state index contributed by atoms with van der Waals surface area (Å²) in [6, 6.07) is 4.12. The summed E-state index contributed by atoms with van der Waals surface area (Å²) >= 11 is 0. The van der Waals surface area contributed by atoms with E-state index in [-0.39, 0.29) is 0 Å². The molecule has 0 saturated heterocycles. The van der Waals surface area contributed by atoms with Gasteiger partial charge in [-0.05, 0) is 24.1 Å². The summed E-state index contributed by atoms with van der Waals surface area (Å²) in [6.45, 7) is 2.14. The molecule has 0 aliphatic carbocycles. The Labute approximate surface area is 83.4 Å². The highest BCUT2D eigenvalue weighted by molar-refractivity contribution is 5.50. The monoisotopic (exact) mass is 187 g/mol. The largest absolute Gasteiger partial charge is 0.333 e. The van der Waals surface area contributed by atoms with Crippen LogP contribution in [0.2, 0.25) is 0 Å². The highest BCUT2D eigenvalue weighted by Gasteiger charge is 2.04. The molecule has 0 bridgehead atoms. The number of imidazole rings is 1. The smallest absolute Gasteiger partial charge is 0.158 e. The van der Waals surface area contributed by atoms with Gasteiger partial charge >= 0.3 is 0 Å². The fraction of sp³-hybridized carbons (Fsp3) is 0.273. The normalized spacial score (nSPS) is 10.4. The molecule has 0 aliphatic rings. The molecule has 0 aliphatic heterocycles. The van der Waals surface area contributed by atoms with Gasteiger partial charge in [0.25, 0.3) is 0 Å². The second-order valence-corrected chi connectivity index (χ2v) is 3.26. The minimum atomic E-state index is 0.917. The van der Waals surface area contributed by atoms with Crippen molar-refractivity contribution >= 4 is 0 Å². The molecule has 0 unspecified atom stereocenters. The molecule has 14 heavy (non-hydrogen) atoms. The molecule has 0 amide bonds. The Balaban J connectivity index is 2.47. The van der Waals surface area contributed by atoms with Gasteiger partial charge in [0.05, 0.1) is 0 Å². The number of hydrogen-bond acceptors (Lipinski definition) is 2. The zero-order valence-electron chi connectivity index (χ0n) is 8.44. The molecule has 72 valence electrons. The van der Waals surface area contributed by atoms with Crippen LogP contribution in [-0.4, -0.2) is 14.5 Å². The van der Waals surface area contributed by atoms with Gasteiger partial charge in [0, 0.05) is 25.6 Å². The molecule has 0 saturated carbocycles. The van der Waals surface area contributed by atoms with Crippen molar-refractivity contribution in [1.82, 2.24) is 14.5 Å². The highest BCUT2D eigenvalue weighted by Crippen LogP contribution is 2.14. The van der Waals surface area contributed by atoms with Crippen LogP contribution < -0.4 is 0 Å². The Morgan fingerprint density at radius 2 is 2.14 bits per heavy atom. The van der Waals surface area contributed by atoms with Gasteiger partial charge in [-0.2, -0.15) is 0 Å². The Morgan fingerprint density at radius 3 is 2.79 bits per heavy atom. The van der Waals surface area contributed by atoms with Crippen molar-refractivity contribution in [3.8, 4) is 11.5 Å². The van der Waals surface area contributed by atoms with E-state index < -0.39 is 0 Å². The predicted octanol–water partition coefficient (Wildman–Crippen LogP) is 2.04. The number of rotatable bonds is 2. The lowest BCUT2D eigenvalue weighted by Gasteiger charge is -2.02. The molecule has 0 fully saturated rings. The minimum Gasteiger partial charge on any atom is -0.333 e. The fourth-order valence-electron chi connectivity index (χ4n) is 1.43. The lowest BCUT2D eigenvalue weighted by atomic mass is 10.2. The summed E-state index contributed by atoms with van der Waals surface area (Å²) in [5.41, 5.74) is 2.23. The average molecular weight is 187 g/mol. The van der Waals surface area contributed by atoms with Gasteiger partial charge in [-0.25, -0.2) is 4.98 Å².